The number of hydrogen-bond acceptors (Lipinski definition) is 3. The van der Waals surface area contributed by atoms with Gasteiger partial charge in [-0.25, -0.2) is 0 Å². The van der Waals surface area contributed by atoms with Crippen molar-refractivity contribution in [2.75, 3.05) is 46.3 Å². The second-order valence-corrected chi connectivity index (χ2v) is 5.93. The van der Waals surface area contributed by atoms with E-state index in [1.54, 1.807) is 0 Å². The van der Waals surface area contributed by atoms with Crippen LogP contribution in [0.25, 0.3) is 0 Å². The molecular formula is C16H30N4. The van der Waals surface area contributed by atoms with Crippen molar-refractivity contribution in [2.45, 2.75) is 32.9 Å². The molecule has 0 unspecified atom stereocenters. The van der Waals surface area contributed by atoms with Crippen LogP contribution in [0, 0.1) is 0 Å². The fraction of sp³-hybridized carbons (Fsp3) is 0.750. The van der Waals surface area contributed by atoms with Crippen LogP contribution < -0.4 is 5.32 Å². The minimum absolute atomic E-state index is 0.999. The van der Waals surface area contributed by atoms with E-state index in [9.17, 15) is 0 Å². The third-order valence-electron chi connectivity index (χ3n) is 4.05. The van der Waals surface area contributed by atoms with Crippen molar-refractivity contribution in [1.82, 2.24) is 19.7 Å². The number of likely N-dealkylation sites (N-methyl/N-ethyl adjacent to an activating group) is 1. The van der Waals surface area contributed by atoms with Crippen molar-refractivity contribution < 1.29 is 0 Å². The first-order chi connectivity index (χ1) is 9.78. The molecule has 0 radical (unpaired) electrons. The molecule has 0 bridgehead atoms. The second kappa shape index (κ2) is 8.45. The summed E-state index contributed by atoms with van der Waals surface area (Å²) < 4.78 is 2.28. The maximum absolute atomic E-state index is 3.56. The summed E-state index contributed by atoms with van der Waals surface area (Å²) in [5.74, 6) is 0. The number of aromatic nitrogens is 1. The van der Waals surface area contributed by atoms with Crippen molar-refractivity contribution in [1.29, 1.82) is 0 Å². The molecule has 1 aliphatic rings. The average Bonchev–Trinajstić information content (AvgIpc) is 2.89. The highest BCUT2D eigenvalue weighted by Crippen LogP contribution is 2.02. The first-order valence-electron chi connectivity index (χ1n) is 8.04. The topological polar surface area (TPSA) is 23.4 Å². The number of rotatable bonds is 8. The SMILES string of the molecule is CCCn1ccc(CNCCCN2CCN(C)CC2)c1. The number of nitrogens with zero attached hydrogens (tertiary/aromatic N) is 3. The largest absolute Gasteiger partial charge is 0.354 e. The highest BCUT2D eigenvalue weighted by Gasteiger charge is 2.12. The molecule has 1 aromatic rings. The Bertz CT molecular complexity index is 366. The maximum atomic E-state index is 3.56. The summed E-state index contributed by atoms with van der Waals surface area (Å²) in [5, 5.41) is 3.56. The van der Waals surface area contributed by atoms with Crippen LogP contribution in [0.2, 0.25) is 0 Å². The van der Waals surface area contributed by atoms with Crippen LogP contribution in [0.4, 0.5) is 0 Å². The highest BCUT2D eigenvalue weighted by atomic mass is 15.2. The standard InChI is InChI=1S/C16H30N4/c1-3-7-20-9-5-16(15-20)14-17-6-4-8-19-12-10-18(2)11-13-19/h5,9,15,17H,3-4,6-8,10-14H2,1-2H3. The zero-order valence-electron chi connectivity index (χ0n) is 13.1. The van der Waals surface area contributed by atoms with Gasteiger partial charge in [-0.1, -0.05) is 6.92 Å². The lowest BCUT2D eigenvalue weighted by molar-refractivity contribution is 0.153. The summed E-state index contributed by atoms with van der Waals surface area (Å²) in [5.41, 5.74) is 1.40. The molecule has 4 nitrogen and oxygen atoms in total. The summed E-state index contributed by atoms with van der Waals surface area (Å²) in [6, 6.07) is 2.23. The number of nitrogens with one attached hydrogen (secondary N) is 1. The molecular weight excluding hydrogens is 248 g/mol. The Balaban J connectivity index is 1.52. The highest BCUT2D eigenvalue weighted by molar-refractivity contribution is 5.09. The van der Waals surface area contributed by atoms with E-state index in [1.165, 1.54) is 51.1 Å². The predicted molar refractivity (Wildman–Crippen MR) is 85.0 cm³/mol. The Morgan fingerprint density at radius 2 is 1.95 bits per heavy atom. The Labute approximate surface area is 123 Å². The van der Waals surface area contributed by atoms with Gasteiger partial charge in [0.05, 0.1) is 0 Å². The monoisotopic (exact) mass is 278 g/mol. The van der Waals surface area contributed by atoms with Gasteiger partial charge < -0.3 is 19.7 Å². The van der Waals surface area contributed by atoms with Gasteiger partial charge in [-0.05, 0) is 44.6 Å². The second-order valence-electron chi connectivity index (χ2n) is 5.93. The third-order valence-corrected chi connectivity index (χ3v) is 4.05. The summed E-state index contributed by atoms with van der Waals surface area (Å²) in [6.07, 6.45) is 6.90. The van der Waals surface area contributed by atoms with E-state index in [1.807, 2.05) is 0 Å². The molecule has 0 saturated carbocycles. The lowest BCUT2D eigenvalue weighted by Crippen LogP contribution is -2.45. The maximum Gasteiger partial charge on any atom is 0.0220 e. The van der Waals surface area contributed by atoms with Crippen LogP contribution in [-0.2, 0) is 13.1 Å². The van der Waals surface area contributed by atoms with Crippen LogP contribution >= 0.6 is 0 Å². The predicted octanol–water partition coefficient (Wildman–Crippen LogP) is 1.63. The molecule has 20 heavy (non-hydrogen) atoms. The molecule has 0 amide bonds. The normalized spacial score (nSPS) is 17.7. The van der Waals surface area contributed by atoms with E-state index >= 15 is 0 Å². The number of piperazine rings is 1. The van der Waals surface area contributed by atoms with E-state index < -0.39 is 0 Å². The lowest BCUT2D eigenvalue weighted by atomic mass is 10.3. The molecule has 1 N–H and O–H groups in total. The molecule has 1 saturated heterocycles. The summed E-state index contributed by atoms with van der Waals surface area (Å²) in [4.78, 5) is 5.00. The molecule has 0 atom stereocenters. The van der Waals surface area contributed by atoms with Crippen LogP contribution in [-0.4, -0.2) is 60.7 Å². The Hall–Kier alpha value is -0.840. The number of aryl methyl sites for hydroxylation is 1. The van der Waals surface area contributed by atoms with Crippen LogP contribution in [0.3, 0.4) is 0 Å². The van der Waals surface area contributed by atoms with Gasteiger partial charge in [-0.2, -0.15) is 0 Å². The minimum Gasteiger partial charge on any atom is -0.354 e. The van der Waals surface area contributed by atoms with E-state index in [-0.39, 0.29) is 0 Å². The van der Waals surface area contributed by atoms with Gasteiger partial charge in [0.25, 0.3) is 0 Å². The van der Waals surface area contributed by atoms with E-state index in [0.717, 1.165) is 19.6 Å². The first kappa shape index (κ1) is 15.5. The molecule has 2 rings (SSSR count). The van der Waals surface area contributed by atoms with Gasteiger partial charge in [0.1, 0.15) is 0 Å². The van der Waals surface area contributed by atoms with Crippen molar-refractivity contribution >= 4 is 0 Å². The van der Waals surface area contributed by atoms with Crippen molar-refractivity contribution in [3.8, 4) is 0 Å². The van der Waals surface area contributed by atoms with Gasteiger partial charge in [0.2, 0.25) is 0 Å². The molecule has 4 heteroatoms. The zero-order valence-corrected chi connectivity index (χ0v) is 13.1. The average molecular weight is 278 g/mol. The molecule has 1 aliphatic heterocycles. The van der Waals surface area contributed by atoms with Gasteiger partial charge in [0, 0.05) is 51.7 Å². The molecule has 114 valence electrons. The molecule has 2 heterocycles. The van der Waals surface area contributed by atoms with Gasteiger partial charge in [-0.3, -0.25) is 0 Å². The van der Waals surface area contributed by atoms with Crippen molar-refractivity contribution in [3.63, 3.8) is 0 Å². The molecule has 0 spiro atoms. The van der Waals surface area contributed by atoms with E-state index in [0.29, 0.717) is 0 Å². The Kier molecular flexibility index (Phi) is 6.57. The van der Waals surface area contributed by atoms with Crippen LogP contribution in [0.15, 0.2) is 18.5 Å². The van der Waals surface area contributed by atoms with Gasteiger partial charge >= 0.3 is 0 Å². The molecule has 1 fully saturated rings. The number of hydrogen-bond donors (Lipinski definition) is 1. The quantitative estimate of drug-likeness (QED) is 0.731. The smallest absolute Gasteiger partial charge is 0.0220 e. The van der Waals surface area contributed by atoms with Crippen LogP contribution in [0.5, 0.6) is 0 Å². The zero-order chi connectivity index (χ0) is 14.2. The Morgan fingerprint density at radius 1 is 1.15 bits per heavy atom. The van der Waals surface area contributed by atoms with Gasteiger partial charge in [0.15, 0.2) is 0 Å². The van der Waals surface area contributed by atoms with E-state index in [4.69, 9.17) is 0 Å². The van der Waals surface area contributed by atoms with Crippen molar-refractivity contribution in [3.05, 3.63) is 24.0 Å². The summed E-state index contributed by atoms with van der Waals surface area (Å²) >= 11 is 0. The summed E-state index contributed by atoms with van der Waals surface area (Å²) in [7, 11) is 2.21. The molecule has 1 aromatic heterocycles. The van der Waals surface area contributed by atoms with Crippen molar-refractivity contribution in [2.24, 2.45) is 0 Å². The minimum atomic E-state index is 0.999. The Morgan fingerprint density at radius 3 is 2.70 bits per heavy atom. The lowest BCUT2D eigenvalue weighted by Gasteiger charge is -2.32. The fourth-order valence-electron chi connectivity index (χ4n) is 2.72. The third kappa shape index (κ3) is 5.27. The van der Waals surface area contributed by atoms with Crippen LogP contribution in [0.1, 0.15) is 25.3 Å². The first-order valence-corrected chi connectivity index (χ1v) is 8.04. The molecule has 0 aromatic carbocycles. The van der Waals surface area contributed by atoms with E-state index in [2.05, 4.69) is 52.1 Å². The summed E-state index contributed by atoms with van der Waals surface area (Å²) in [6.45, 7) is 11.6. The molecule has 0 aliphatic carbocycles. The van der Waals surface area contributed by atoms with Gasteiger partial charge in [-0.15, -0.1) is 0 Å². The fourth-order valence-corrected chi connectivity index (χ4v) is 2.72.